The lowest BCUT2D eigenvalue weighted by Gasteiger charge is -2.30. The van der Waals surface area contributed by atoms with E-state index in [0.29, 0.717) is 26.3 Å². The molecule has 4 heterocycles. The molecule has 2 aromatic heterocycles. The number of amides is 1. The molecule has 1 aliphatic carbocycles. The Balaban J connectivity index is 1.58. The van der Waals surface area contributed by atoms with Crippen LogP contribution in [-0.2, 0) is 4.79 Å². The molecule has 31 heavy (non-hydrogen) atoms. The number of thioether (sulfide) groups is 2. The van der Waals surface area contributed by atoms with Gasteiger partial charge in [-0.15, -0.1) is 0 Å². The van der Waals surface area contributed by atoms with Crippen molar-refractivity contribution in [3.8, 4) is 0 Å². The molecular weight excluding hydrogens is 448 g/mol. The second-order valence-electron chi connectivity index (χ2n) is 8.03. The Morgan fingerprint density at radius 1 is 1.10 bits per heavy atom. The molecule has 0 spiro atoms. The molecule has 0 unspecified atom stereocenters. The largest absolute Gasteiger partial charge is 0.354 e. The summed E-state index contributed by atoms with van der Waals surface area (Å²) in [5.74, 6) is 2.59. The molecular formula is C22H24N4O2S3. The number of nitrogens with zero attached hydrogens (tertiary/aromatic N) is 4. The first-order chi connectivity index (χ1) is 15.1. The van der Waals surface area contributed by atoms with Crippen LogP contribution in [0, 0.1) is 0 Å². The third-order valence-corrected chi connectivity index (χ3v) is 8.37. The molecule has 1 saturated carbocycles. The summed E-state index contributed by atoms with van der Waals surface area (Å²) in [4.78, 5) is 36.0. The van der Waals surface area contributed by atoms with Gasteiger partial charge in [-0.3, -0.25) is 18.9 Å². The molecule has 2 aromatic rings. The topological polar surface area (TPSA) is 57.9 Å². The maximum absolute atomic E-state index is 13.4. The predicted molar refractivity (Wildman–Crippen MR) is 133 cm³/mol. The Morgan fingerprint density at radius 3 is 2.65 bits per heavy atom. The van der Waals surface area contributed by atoms with Gasteiger partial charge in [0.15, 0.2) is 0 Å². The first-order valence-corrected chi connectivity index (χ1v) is 13.1. The molecule has 0 aromatic carbocycles. The molecule has 5 rings (SSSR count). The lowest BCUT2D eigenvalue weighted by Crippen LogP contribution is -2.39. The minimum atomic E-state index is -0.151. The minimum Gasteiger partial charge on any atom is -0.354 e. The monoisotopic (exact) mass is 472 g/mol. The number of hydrogen-bond donors (Lipinski definition) is 0. The second-order valence-corrected chi connectivity index (χ2v) is 10.9. The average Bonchev–Trinajstić information content (AvgIpc) is 3.09. The van der Waals surface area contributed by atoms with Crippen LogP contribution in [0.3, 0.4) is 0 Å². The number of carbonyl (C=O) groups excluding carboxylic acids is 1. The number of fused-ring (bicyclic) bond motifs is 1. The van der Waals surface area contributed by atoms with E-state index in [1.807, 2.05) is 30.0 Å². The van der Waals surface area contributed by atoms with Crippen LogP contribution in [0.5, 0.6) is 0 Å². The highest BCUT2D eigenvalue weighted by Gasteiger charge is 2.38. The van der Waals surface area contributed by atoms with Crippen LogP contribution in [0.2, 0.25) is 0 Å². The predicted octanol–water partition coefficient (Wildman–Crippen LogP) is 3.78. The number of pyridine rings is 1. The molecule has 9 heteroatoms. The van der Waals surface area contributed by atoms with E-state index in [4.69, 9.17) is 17.2 Å². The summed E-state index contributed by atoms with van der Waals surface area (Å²) in [7, 11) is 0. The Bertz CT molecular complexity index is 1120. The van der Waals surface area contributed by atoms with Crippen LogP contribution < -0.4 is 10.5 Å². The molecule has 1 amide bonds. The Labute approximate surface area is 195 Å². The maximum Gasteiger partial charge on any atom is 0.267 e. The number of anilines is 1. The van der Waals surface area contributed by atoms with Crippen molar-refractivity contribution < 1.29 is 4.79 Å². The smallest absolute Gasteiger partial charge is 0.267 e. The highest BCUT2D eigenvalue weighted by Crippen LogP contribution is 2.37. The van der Waals surface area contributed by atoms with Gasteiger partial charge < -0.3 is 4.90 Å². The Kier molecular flexibility index (Phi) is 6.08. The molecule has 2 aliphatic heterocycles. The van der Waals surface area contributed by atoms with E-state index in [9.17, 15) is 9.59 Å². The zero-order valence-corrected chi connectivity index (χ0v) is 19.6. The van der Waals surface area contributed by atoms with Crippen molar-refractivity contribution in [3.63, 3.8) is 0 Å². The highest BCUT2D eigenvalue weighted by atomic mass is 32.2. The maximum atomic E-state index is 13.4. The van der Waals surface area contributed by atoms with Crippen LogP contribution in [0.1, 0.15) is 37.7 Å². The van der Waals surface area contributed by atoms with E-state index in [1.54, 1.807) is 21.6 Å². The zero-order chi connectivity index (χ0) is 21.4. The molecule has 0 bridgehead atoms. The van der Waals surface area contributed by atoms with E-state index in [-0.39, 0.29) is 17.5 Å². The van der Waals surface area contributed by atoms with Crippen molar-refractivity contribution in [1.29, 1.82) is 0 Å². The minimum absolute atomic E-state index is 0.0698. The van der Waals surface area contributed by atoms with Gasteiger partial charge in [0.2, 0.25) is 0 Å². The van der Waals surface area contributed by atoms with Gasteiger partial charge in [-0.2, -0.15) is 11.8 Å². The molecule has 162 valence electrons. The number of aromatic nitrogens is 2. The van der Waals surface area contributed by atoms with Crippen molar-refractivity contribution in [2.24, 2.45) is 0 Å². The van der Waals surface area contributed by atoms with Crippen LogP contribution >= 0.6 is 35.7 Å². The molecule has 0 N–H and O–H groups in total. The molecule has 3 aliphatic rings. The molecule has 3 fully saturated rings. The Hall–Kier alpha value is -1.84. The highest BCUT2D eigenvalue weighted by molar-refractivity contribution is 8.26. The molecule has 2 saturated heterocycles. The number of thiocarbonyl (C=S) groups is 1. The summed E-state index contributed by atoms with van der Waals surface area (Å²) in [6, 6.07) is 5.73. The van der Waals surface area contributed by atoms with Crippen molar-refractivity contribution in [3.05, 3.63) is 45.2 Å². The summed E-state index contributed by atoms with van der Waals surface area (Å²) in [6.45, 7) is 1.67. The van der Waals surface area contributed by atoms with Gasteiger partial charge in [0.1, 0.15) is 15.8 Å². The normalized spacial score (nSPS) is 22.1. The van der Waals surface area contributed by atoms with Gasteiger partial charge in [-0.25, -0.2) is 4.98 Å². The molecule has 0 atom stereocenters. The van der Waals surface area contributed by atoms with Gasteiger partial charge in [0.05, 0.1) is 10.5 Å². The summed E-state index contributed by atoms with van der Waals surface area (Å²) in [6.07, 6.45) is 8.94. The average molecular weight is 473 g/mol. The molecule has 0 radical (unpaired) electrons. The van der Waals surface area contributed by atoms with Crippen molar-refractivity contribution in [2.45, 2.75) is 38.1 Å². The van der Waals surface area contributed by atoms with Crippen molar-refractivity contribution in [2.75, 3.05) is 29.5 Å². The van der Waals surface area contributed by atoms with Gasteiger partial charge in [0.25, 0.3) is 11.5 Å². The first kappa shape index (κ1) is 21.0. The van der Waals surface area contributed by atoms with Crippen molar-refractivity contribution >= 4 is 63.5 Å². The van der Waals surface area contributed by atoms with Gasteiger partial charge in [0, 0.05) is 36.8 Å². The van der Waals surface area contributed by atoms with Crippen LogP contribution in [-0.4, -0.2) is 55.1 Å². The van der Waals surface area contributed by atoms with E-state index in [0.717, 1.165) is 50.3 Å². The fraction of sp³-hybridized carbons (Fsp3) is 0.455. The third kappa shape index (κ3) is 4.03. The van der Waals surface area contributed by atoms with Crippen molar-refractivity contribution in [1.82, 2.24) is 14.3 Å². The third-order valence-electron chi connectivity index (χ3n) is 6.10. The second kappa shape index (κ2) is 8.96. The first-order valence-electron chi connectivity index (χ1n) is 10.7. The lowest BCUT2D eigenvalue weighted by atomic mass is 9.94. The van der Waals surface area contributed by atoms with Gasteiger partial charge >= 0.3 is 0 Å². The van der Waals surface area contributed by atoms with E-state index in [2.05, 4.69) is 4.90 Å². The van der Waals surface area contributed by atoms with Crippen LogP contribution in [0.4, 0.5) is 5.82 Å². The zero-order valence-electron chi connectivity index (χ0n) is 17.2. The van der Waals surface area contributed by atoms with E-state index < -0.39 is 0 Å². The summed E-state index contributed by atoms with van der Waals surface area (Å²) in [5.41, 5.74) is 0.939. The van der Waals surface area contributed by atoms with Gasteiger partial charge in [-0.05, 0) is 31.1 Å². The fourth-order valence-electron chi connectivity index (χ4n) is 4.50. The quantitative estimate of drug-likeness (QED) is 0.498. The standard InChI is InChI=1S/C22H24N4O2S3/c27-20-16(14-17-21(28)26(22(29)31-17)15-6-2-1-3-7-15)19(24-10-12-30-13-11-24)23-18-8-4-5-9-25(18)20/h4-5,8-9,14-15H,1-3,6-7,10-13H2. The lowest BCUT2D eigenvalue weighted by molar-refractivity contribution is -0.124. The number of rotatable bonds is 3. The summed E-state index contributed by atoms with van der Waals surface area (Å²) < 4.78 is 2.16. The van der Waals surface area contributed by atoms with E-state index >= 15 is 0 Å². The van der Waals surface area contributed by atoms with Crippen LogP contribution in [0.25, 0.3) is 11.7 Å². The van der Waals surface area contributed by atoms with Crippen LogP contribution in [0.15, 0.2) is 34.1 Å². The van der Waals surface area contributed by atoms with E-state index in [1.165, 1.54) is 18.2 Å². The fourth-order valence-corrected chi connectivity index (χ4v) is 6.78. The Morgan fingerprint density at radius 2 is 1.87 bits per heavy atom. The summed E-state index contributed by atoms with van der Waals surface area (Å²) in [5, 5.41) is 0. The number of carbonyl (C=O) groups is 1. The number of hydrogen-bond acceptors (Lipinski definition) is 7. The van der Waals surface area contributed by atoms with Gasteiger partial charge in [-0.1, -0.05) is 49.3 Å². The summed E-state index contributed by atoms with van der Waals surface area (Å²) >= 11 is 8.79. The molecule has 6 nitrogen and oxygen atoms in total. The SMILES string of the molecule is O=C1C(=Cc2c(N3CCSCC3)nc3ccccn3c2=O)SC(=S)N1C1CCCCC1.